The van der Waals surface area contributed by atoms with Gasteiger partial charge in [-0.05, 0) is 26.2 Å². The van der Waals surface area contributed by atoms with E-state index < -0.39 is 0 Å². The lowest BCUT2D eigenvalue weighted by Gasteiger charge is -2.19. The number of hydrogen-bond acceptors (Lipinski definition) is 3. The summed E-state index contributed by atoms with van der Waals surface area (Å²) in [6.45, 7) is 11.3. The van der Waals surface area contributed by atoms with E-state index in [4.69, 9.17) is 4.42 Å². The standard InChI is InChI=1S/C12H22N2O/c1-6-11(8(2)3)13-7-12-14-9(4)10(5)15-12/h8,11,13H,6-7H2,1-5H3. The number of nitrogens with one attached hydrogen (secondary N) is 1. The van der Waals surface area contributed by atoms with E-state index in [1.54, 1.807) is 0 Å². The highest BCUT2D eigenvalue weighted by atomic mass is 16.4. The first-order valence-corrected chi connectivity index (χ1v) is 5.70. The molecule has 1 rings (SSSR count). The van der Waals surface area contributed by atoms with Crippen LogP contribution in [-0.2, 0) is 6.54 Å². The van der Waals surface area contributed by atoms with Gasteiger partial charge in [0, 0.05) is 6.04 Å². The molecule has 0 saturated carbocycles. The van der Waals surface area contributed by atoms with Gasteiger partial charge in [0.1, 0.15) is 5.76 Å². The monoisotopic (exact) mass is 210 g/mol. The Hall–Kier alpha value is -0.830. The molecule has 3 heteroatoms. The van der Waals surface area contributed by atoms with Crippen molar-refractivity contribution >= 4 is 0 Å². The summed E-state index contributed by atoms with van der Waals surface area (Å²) in [6, 6.07) is 0.539. The van der Waals surface area contributed by atoms with Gasteiger partial charge in [-0.3, -0.25) is 0 Å². The second kappa shape index (κ2) is 5.31. The highest BCUT2D eigenvalue weighted by Crippen LogP contribution is 2.10. The maximum absolute atomic E-state index is 5.52. The van der Waals surface area contributed by atoms with Gasteiger partial charge < -0.3 is 9.73 Å². The van der Waals surface area contributed by atoms with E-state index in [-0.39, 0.29) is 0 Å². The van der Waals surface area contributed by atoms with Gasteiger partial charge >= 0.3 is 0 Å². The van der Waals surface area contributed by atoms with E-state index in [9.17, 15) is 0 Å². The summed E-state index contributed by atoms with van der Waals surface area (Å²) >= 11 is 0. The van der Waals surface area contributed by atoms with Crippen LogP contribution in [0, 0.1) is 19.8 Å². The quantitative estimate of drug-likeness (QED) is 0.812. The Morgan fingerprint density at radius 2 is 2.00 bits per heavy atom. The molecule has 0 bridgehead atoms. The summed E-state index contributed by atoms with van der Waals surface area (Å²) in [5.41, 5.74) is 0.990. The number of oxazole rings is 1. The van der Waals surface area contributed by atoms with Gasteiger partial charge in [0.05, 0.1) is 12.2 Å². The van der Waals surface area contributed by atoms with Crippen molar-refractivity contribution in [2.24, 2.45) is 5.92 Å². The normalized spacial score (nSPS) is 13.5. The van der Waals surface area contributed by atoms with Gasteiger partial charge in [0.25, 0.3) is 0 Å². The van der Waals surface area contributed by atoms with Gasteiger partial charge in [-0.25, -0.2) is 4.98 Å². The largest absolute Gasteiger partial charge is 0.444 e. The smallest absolute Gasteiger partial charge is 0.208 e. The Morgan fingerprint density at radius 3 is 2.40 bits per heavy atom. The molecule has 0 aliphatic rings. The fourth-order valence-electron chi connectivity index (χ4n) is 1.68. The average molecular weight is 210 g/mol. The molecule has 3 nitrogen and oxygen atoms in total. The number of hydrogen-bond donors (Lipinski definition) is 1. The molecule has 0 saturated heterocycles. The van der Waals surface area contributed by atoms with E-state index in [2.05, 4.69) is 31.1 Å². The van der Waals surface area contributed by atoms with E-state index in [0.29, 0.717) is 12.0 Å². The van der Waals surface area contributed by atoms with Crippen molar-refractivity contribution in [1.29, 1.82) is 0 Å². The first-order valence-electron chi connectivity index (χ1n) is 5.70. The molecule has 1 atom stereocenters. The fourth-order valence-corrected chi connectivity index (χ4v) is 1.68. The molecule has 0 radical (unpaired) electrons. The van der Waals surface area contributed by atoms with Crippen molar-refractivity contribution in [3.05, 3.63) is 17.3 Å². The molecule has 1 aromatic rings. The van der Waals surface area contributed by atoms with Crippen LogP contribution in [0.1, 0.15) is 44.5 Å². The van der Waals surface area contributed by atoms with Crippen LogP contribution in [0.25, 0.3) is 0 Å². The third-order valence-electron chi connectivity index (χ3n) is 2.83. The zero-order valence-corrected chi connectivity index (χ0v) is 10.4. The average Bonchev–Trinajstić information content (AvgIpc) is 2.47. The zero-order valence-electron chi connectivity index (χ0n) is 10.4. The number of aryl methyl sites for hydroxylation is 2. The first-order chi connectivity index (χ1) is 7.04. The summed E-state index contributed by atoms with van der Waals surface area (Å²) in [7, 11) is 0. The molecule has 0 aliphatic carbocycles. The summed E-state index contributed by atoms with van der Waals surface area (Å²) in [5, 5.41) is 3.47. The molecule has 1 unspecified atom stereocenters. The predicted octanol–water partition coefficient (Wildman–Crippen LogP) is 2.82. The highest BCUT2D eigenvalue weighted by molar-refractivity contribution is 5.05. The van der Waals surface area contributed by atoms with Crippen LogP contribution in [0.3, 0.4) is 0 Å². The fraction of sp³-hybridized carbons (Fsp3) is 0.750. The summed E-state index contributed by atoms with van der Waals surface area (Å²) in [5.74, 6) is 2.36. The molecule has 86 valence electrons. The van der Waals surface area contributed by atoms with Gasteiger partial charge in [-0.1, -0.05) is 20.8 Å². The van der Waals surface area contributed by atoms with Gasteiger partial charge in [-0.2, -0.15) is 0 Å². The Bertz CT molecular complexity index is 285. The van der Waals surface area contributed by atoms with Crippen molar-refractivity contribution < 1.29 is 4.42 Å². The lowest BCUT2D eigenvalue weighted by Crippen LogP contribution is -2.32. The van der Waals surface area contributed by atoms with E-state index in [1.165, 1.54) is 0 Å². The summed E-state index contributed by atoms with van der Waals surface area (Å²) in [6.07, 6.45) is 1.14. The van der Waals surface area contributed by atoms with Crippen molar-refractivity contribution in [1.82, 2.24) is 10.3 Å². The minimum Gasteiger partial charge on any atom is -0.444 e. The molecule has 15 heavy (non-hydrogen) atoms. The highest BCUT2D eigenvalue weighted by Gasteiger charge is 2.12. The maximum Gasteiger partial charge on any atom is 0.208 e. The van der Waals surface area contributed by atoms with E-state index in [0.717, 1.165) is 30.3 Å². The van der Waals surface area contributed by atoms with Crippen LogP contribution in [0.15, 0.2) is 4.42 Å². The van der Waals surface area contributed by atoms with E-state index >= 15 is 0 Å². The topological polar surface area (TPSA) is 38.1 Å². The second-order valence-electron chi connectivity index (χ2n) is 4.39. The Balaban J connectivity index is 2.49. The first kappa shape index (κ1) is 12.2. The van der Waals surface area contributed by atoms with Gasteiger partial charge in [-0.15, -0.1) is 0 Å². The molecule has 1 heterocycles. The second-order valence-corrected chi connectivity index (χ2v) is 4.39. The van der Waals surface area contributed by atoms with Crippen molar-refractivity contribution in [2.75, 3.05) is 0 Å². The van der Waals surface area contributed by atoms with Crippen LogP contribution < -0.4 is 5.32 Å². The van der Waals surface area contributed by atoms with Crippen LogP contribution in [0.2, 0.25) is 0 Å². The lowest BCUT2D eigenvalue weighted by atomic mass is 10.0. The van der Waals surface area contributed by atoms with Crippen LogP contribution in [-0.4, -0.2) is 11.0 Å². The van der Waals surface area contributed by atoms with Crippen LogP contribution in [0.4, 0.5) is 0 Å². The molecule has 1 N–H and O–H groups in total. The summed E-state index contributed by atoms with van der Waals surface area (Å²) < 4.78 is 5.52. The van der Waals surface area contributed by atoms with Crippen LogP contribution in [0.5, 0.6) is 0 Å². The minimum absolute atomic E-state index is 0.539. The third kappa shape index (κ3) is 3.34. The molecule has 0 amide bonds. The van der Waals surface area contributed by atoms with Crippen molar-refractivity contribution in [2.45, 2.75) is 53.6 Å². The number of rotatable bonds is 5. The molecular weight excluding hydrogens is 188 g/mol. The summed E-state index contributed by atoms with van der Waals surface area (Å²) in [4.78, 5) is 4.35. The SMILES string of the molecule is CCC(NCc1nc(C)c(C)o1)C(C)C. The molecule has 1 aromatic heterocycles. The lowest BCUT2D eigenvalue weighted by molar-refractivity contribution is 0.358. The molecule has 0 fully saturated rings. The molecule has 0 spiro atoms. The van der Waals surface area contributed by atoms with Gasteiger partial charge in [0.2, 0.25) is 5.89 Å². The zero-order chi connectivity index (χ0) is 11.4. The Morgan fingerprint density at radius 1 is 1.33 bits per heavy atom. The Kier molecular flexibility index (Phi) is 4.33. The molecular formula is C12H22N2O. The van der Waals surface area contributed by atoms with E-state index in [1.807, 2.05) is 13.8 Å². The maximum atomic E-state index is 5.52. The van der Waals surface area contributed by atoms with Crippen molar-refractivity contribution in [3.63, 3.8) is 0 Å². The van der Waals surface area contributed by atoms with Crippen molar-refractivity contribution in [3.8, 4) is 0 Å². The molecule has 0 aliphatic heterocycles. The predicted molar refractivity (Wildman–Crippen MR) is 61.7 cm³/mol. The minimum atomic E-state index is 0.539. The van der Waals surface area contributed by atoms with Crippen LogP contribution >= 0.6 is 0 Å². The number of nitrogens with zero attached hydrogens (tertiary/aromatic N) is 1. The third-order valence-corrected chi connectivity index (χ3v) is 2.83. The Labute approximate surface area is 92.3 Å². The molecule has 0 aromatic carbocycles. The number of aromatic nitrogens is 1. The van der Waals surface area contributed by atoms with Gasteiger partial charge in [0.15, 0.2) is 0 Å².